The Balaban J connectivity index is 1.88. The van der Waals surface area contributed by atoms with Crippen molar-refractivity contribution >= 4 is 23.0 Å². The Kier molecular flexibility index (Phi) is 3.84. The average Bonchev–Trinajstić information content (AvgIpc) is 3.12. The van der Waals surface area contributed by atoms with Crippen molar-refractivity contribution in [3.05, 3.63) is 24.3 Å². The van der Waals surface area contributed by atoms with Crippen molar-refractivity contribution in [2.24, 2.45) is 5.92 Å². The summed E-state index contributed by atoms with van der Waals surface area (Å²) >= 11 is 5.28. The van der Waals surface area contributed by atoms with Crippen LogP contribution in [0, 0.1) is 5.92 Å². The van der Waals surface area contributed by atoms with E-state index in [1.807, 2.05) is 24.3 Å². The molecule has 0 radical (unpaired) electrons. The average molecular weight is 250 g/mol. The highest BCUT2D eigenvalue weighted by Gasteiger charge is 2.28. The second-order valence-corrected chi connectivity index (χ2v) is 4.86. The lowest BCUT2D eigenvalue weighted by Crippen LogP contribution is -2.37. The van der Waals surface area contributed by atoms with Gasteiger partial charge in [-0.15, -0.1) is 0 Å². The molecule has 1 aromatic rings. The van der Waals surface area contributed by atoms with Crippen molar-refractivity contribution in [3.8, 4) is 5.75 Å². The van der Waals surface area contributed by atoms with Gasteiger partial charge in [0.05, 0.1) is 7.11 Å². The third kappa shape index (κ3) is 3.60. The van der Waals surface area contributed by atoms with Crippen LogP contribution in [-0.4, -0.2) is 18.3 Å². The van der Waals surface area contributed by atoms with E-state index in [-0.39, 0.29) is 0 Å². The molecule has 0 bridgehead atoms. The molecule has 0 saturated heterocycles. The third-order valence-electron chi connectivity index (χ3n) is 3.02. The normalized spacial score (nSPS) is 16.1. The molecule has 1 aromatic carbocycles. The maximum Gasteiger partial charge on any atom is 0.170 e. The molecule has 1 atom stereocenters. The predicted octanol–water partition coefficient (Wildman–Crippen LogP) is 2.78. The molecule has 1 aliphatic carbocycles. The molecule has 4 heteroatoms. The maximum absolute atomic E-state index is 5.28. The highest BCUT2D eigenvalue weighted by Crippen LogP contribution is 2.32. The number of rotatable bonds is 4. The Morgan fingerprint density at radius 1 is 1.47 bits per heavy atom. The van der Waals surface area contributed by atoms with E-state index in [9.17, 15) is 0 Å². The lowest BCUT2D eigenvalue weighted by molar-refractivity contribution is 0.415. The molecular formula is C13H18N2OS. The molecular weight excluding hydrogens is 232 g/mol. The molecule has 1 fully saturated rings. The van der Waals surface area contributed by atoms with Crippen LogP contribution in [0.3, 0.4) is 0 Å². The van der Waals surface area contributed by atoms with Gasteiger partial charge in [-0.2, -0.15) is 0 Å². The van der Waals surface area contributed by atoms with Crippen LogP contribution in [-0.2, 0) is 0 Å². The van der Waals surface area contributed by atoms with Crippen molar-refractivity contribution < 1.29 is 4.74 Å². The Bertz CT molecular complexity index is 404. The molecule has 17 heavy (non-hydrogen) atoms. The van der Waals surface area contributed by atoms with E-state index in [1.54, 1.807) is 7.11 Å². The summed E-state index contributed by atoms with van der Waals surface area (Å²) in [6.07, 6.45) is 2.63. The smallest absolute Gasteiger partial charge is 0.170 e. The van der Waals surface area contributed by atoms with E-state index >= 15 is 0 Å². The molecule has 2 rings (SSSR count). The molecule has 0 aromatic heterocycles. The standard InChI is InChI=1S/C13H18N2OS/c1-9(10-6-7-10)14-13(17)15-11-4-3-5-12(8-11)16-2/h3-5,8-10H,6-7H2,1-2H3,(H2,14,15,17)/t9-/m1/s1. The van der Waals surface area contributed by atoms with Crippen LogP contribution in [0.4, 0.5) is 5.69 Å². The van der Waals surface area contributed by atoms with Gasteiger partial charge in [0.15, 0.2) is 5.11 Å². The van der Waals surface area contributed by atoms with Gasteiger partial charge in [-0.05, 0) is 50.0 Å². The summed E-state index contributed by atoms with van der Waals surface area (Å²) in [4.78, 5) is 0. The highest BCUT2D eigenvalue weighted by atomic mass is 32.1. The first kappa shape index (κ1) is 12.2. The fourth-order valence-corrected chi connectivity index (χ4v) is 2.09. The van der Waals surface area contributed by atoms with Crippen molar-refractivity contribution in [1.82, 2.24) is 5.32 Å². The topological polar surface area (TPSA) is 33.3 Å². The summed E-state index contributed by atoms with van der Waals surface area (Å²) in [6.45, 7) is 2.18. The number of methoxy groups -OCH3 is 1. The van der Waals surface area contributed by atoms with Crippen molar-refractivity contribution in [2.45, 2.75) is 25.8 Å². The molecule has 0 amide bonds. The molecule has 0 heterocycles. The van der Waals surface area contributed by atoms with Gasteiger partial charge in [0.25, 0.3) is 0 Å². The number of hydrogen-bond acceptors (Lipinski definition) is 2. The summed E-state index contributed by atoms with van der Waals surface area (Å²) in [5.41, 5.74) is 0.949. The fraction of sp³-hybridized carbons (Fsp3) is 0.462. The number of thiocarbonyl (C=S) groups is 1. The Labute approximate surface area is 108 Å². The first-order chi connectivity index (χ1) is 8.19. The molecule has 3 nitrogen and oxygen atoms in total. The minimum atomic E-state index is 0.459. The van der Waals surface area contributed by atoms with Crippen LogP contribution in [0.25, 0.3) is 0 Å². The Morgan fingerprint density at radius 2 is 2.24 bits per heavy atom. The number of ether oxygens (including phenoxy) is 1. The number of benzene rings is 1. The SMILES string of the molecule is COc1cccc(NC(=S)N[C@H](C)C2CC2)c1. The van der Waals surface area contributed by atoms with E-state index in [2.05, 4.69) is 17.6 Å². The summed E-state index contributed by atoms with van der Waals surface area (Å²) in [5, 5.41) is 7.16. The lowest BCUT2D eigenvalue weighted by atomic mass is 10.2. The largest absolute Gasteiger partial charge is 0.497 e. The van der Waals surface area contributed by atoms with Crippen molar-refractivity contribution in [3.63, 3.8) is 0 Å². The predicted molar refractivity (Wildman–Crippen MR) is 74.5 cm³/mol. The quantitative estimate of drug-likeness (QED) is 0.805. The second-order valence-electron chi connectivity index (χ2n) is 4.46. The van der Waals surface area contributed by atoms with Gasteiger partial charge in [-0.25, -0.2) is 0 Å². The summed E-state index contributed by atoms with van der Waals surface area (Å²) in [6, 6.07) is 8.21. The van der Waals surface area contributed by atoms with Gasteiger partial charge in [0, 0.05) is 17.8 Å². The van der Waals surface area contributed by atoms with Crippen LogP contribution in [0.1, 0.15) is 19.8 Å². The van der Waals surface area contributed by atoms with E-state index in [1.165, 1.54) is 12.8 Å². The van der Waals surface area contributed by atoms with Gasteiger partial charge in [-0.3, -0.25) is 0 Å². The third-order valence-corrected chi connectivity index (χ3v) is 3.24. The first-order valence-electron chi connectivity index (χ1n) is 5.90. The maximum atomic E-state index is 5.28. The van der Waals surface area contributed by atoms with Crippen molar-refractivity contribution in [2.75, 3.05) is 12.4 Å². The van der Waals surface area contributed by atoms with Gasteiger partial charge in [-0.1, -0.05) is 6.07 Å². The van der Waals surface area contributed by atoms with E-state index in [0.29, 0.717) is 11.2 Å². The zero-order valence-electron chi connectivity index (χ0n) is 10.2. The van der Waals surface area contributed by atoms with Gasteiger partial charge in [0.1, 0.15) is 5.75 Å². The zero-order chi connectivity index (χ0) is 12.3. The van der Waals surface area contributed by atoms with Crippen LogP contribution >= 0.6 is 12.2 Å². The van der Waals surface area contributed by atoms with Gasteiger partial charge < -0.3 is 15.4 Å². The van der Waals surface area contributed by atoms with E-state index in [0.717, 1.165) is 17.4 Å². The number of hydrogen-bond donors (Lipinski definition) is 2. The minimum absolute atomic E-state index is 0.459. The molecule has 92 valence electrons. The summed E-state index contributed by atoms with van der Waals surface area (Å²) in [7, 11) is 1.66. The zero-order valence-corrected chi connectivity index (χ0v) is 11.0. The van der Waals surface area contributed by atoms with Crippen LogP contribution in [0.15, 0.2) is 24.3 Å². The minimum Gasteiger partial charge on any atom is -0.497 e. The lowest BCUT2D eigenvalue weighted by Gasteiger charge is -2.16. The number of nitrogens with one attached hydrogen (secondary N) is 2. The highest BCUT2D eigenvalue weighted by molar-refractivity contribution is 7.80. The van der Waals surface area contributed by atoms with Crippen LogP contribution in [0.5, 0.6) is 5.75 Å². The van der Waals surface area contributed by atoms with E-state index in [4.69, 9.17) is 17.0 Å². The monoisotopic (exact) mass is 250 g/mol. The first-order valence-corrected chi connectivity index (χ1v) is 6.31. The van der Waals surface area contributed by atoms with Gasteiger partial charge >= 0.3 is 0 Å². The Morgan fingerprint density at radius 3 is 2.88 bits per heavy atom. The van der Waals surface area contributed by atoms with Gasteiger partial charge in [0.2, 0.25) is 0 Å². The summed E-state index contributed by atoms with van der Waals surface area (Å²) in [5.74, 6) is 1.62. The molecule has 0 unspecified atom stereocenters. The molecule has 2 N–H and O–H groups in total. The molecule has 0 aliphatic heterocycles. The summed E-state index contributed by atoms with van der Waals surface area (Å²) < 4.78 is 5.16. The molecule has 0 spiro atoms. The van der Waals surface area contributed by atoms with E-state index < -0.39 is 0 Å². The molecule has 1 aliphatic rings. The Hall–Kier alpha value is -1.29. The van der Waals surface area contributed by atoms with Crippen LogP contribution in [0.2, 0.25) is 0 Å². The fourth-order valence-electron chi connectivity index (χ4n) is 1.79. The second kappa shape index (κ2) is 5.36. The molecule has 1 saturated carbocycles. The van der Waals surface area contributed by atoms with Crippen molar-refractivity contribution in [1.29, 1.82) is 0 Å². The van der Waals surface area contributed by atoms with Crippen LogP contribution < -0.4 is 15.4 Å². The number of anilines is 1.